The molecule has 0 radical (unpaired) electrons. The van der Waals surface area contributed by atoms with Crippen LogP contribution in [-0.2, 0) is 6.61 Å². The molecule has 0 unspecified atom stereocenters. The van der Waals surface area contributed by atoms with E-state index >= 15 is 0 Å². The van der Waals surface area contributed by atoms with Gasteiger partial charge in [-0.3, -0.25) is 0 Å². The topological polar surface area (TPSA) is 35.0 Å². The van der Waals surface area contributed by atoms with E-state index in [1.54, 1.807) is 0 Å². The fourth-order valence-electron chi connectivity index (χ4n) is 3.02. The van der Waals surface area contributed by atoms with Crippen LogP contribution in [0.4, 0.5) is 0 Å². The minimum Gasteiger partial charge on any atom is -0.489 e. The zero-order chi connectivity index (χ0) is 18.7. The highest BCUT2D eigenvalue weighted by molar-refractivity contribution is 5.64. The molecular formula is C23H26N2O. The van der Waals surface area contributed by atoms with Crippen molar-refractivity contribution in [1.82, 2.24) is 9.97 Å². The predicted octanol–water partition coefficient (Wildman–Crippen LogP) is 5.77. The average molecular weight is 346 g/mol. The number of aromatic nitrogens is 2. The third-order valence-corrected chi connectivity index (χ3v) is 4.68. The van der Waals surface area contributed by atoms with Gasteiger partial charge in [-0.15, -0.1) is 0 Å². The Bertz CT molecular complexity index is 878. The van der Waals surface area contributed by atoms with E-state index in [0.29, 0.717) is 12.5 Å². The van der Waals surface area contributed by atoms with E-state index in [9.17, 15) is 0 Å². The van der Waals surface area contributed by atoms with Gasteiger partial charge in [0.05, 0.1) is 0 Å². The first-order chi connectivity index (χ1) is 12.5. The standard InChI is InChI=1S/C23H26N2O/c1-15(2)20-10-9-16(3)21(11-20)26-14-19-12-24-23(25-13-19)22-17(4)7-6-8-18(22)5/h6-13,15H,14H2,1-5H3. The normalized spacial score (nSPS) is 11.0. The maximum atomic E-state index is 6.03. The van der Waals surface area contributed by atoms with E-state index in [1.165, 1.54) is 16.7 Å². The minimum atomic E-state index is 0.468. The Hall–Kier alpha value is -2.68. The van der Waals surface area contributed by atoms with Gasteiger partial charge in [0.2, 0.25) is 0 Å². The highest BCUT2D eigenvalue weighted by Gasteiger charge is 2.09. The SMILES string of the molecule is Cc1ccc(C(C)C)cc1OCc1cnc(-c2c(C)cccc2C)nc1. The minimum absolute atomic E-state index is 0.468. The first kappa shape index (κ1) is 18.1. The molecule has 3 aromatic rings. The summed E-state index contributed by atoms with van der Waals surface area (Å²) in [6, 6.07) is 12.6. The molecule has 2 aromatic carbocycles. The smallest absolute Gasteiger partial charge is 0.159 e. The van der Waals surface area contributed by atoms with Crippen molar-refractivity contribution in [2.45, 2.75) is 47.1 Å². The molecule has 0 aliphatic rings. The van der Waals surface area contributed by atoms with Crippen LogP contribution >= 0.6 is 0 Å². The quantitative estimate of drug-likeness (QED) is 0.588. The van der Waals surface area contributed by atoms with Gasteiger partial charge in [-0.25, -0.2) is 9.97 Å². The molecule has 0 saturated heterocycles. The number of ether oxygens (including phenoxy) is 1. The lowest BCUT2D eigenvalue weighted by Crippen LogP contribution is -2.01. The lowest BCUT2D eigenvalue weighted by atomic mass is 10.0. The lowest BCUT2D eigenvalue weighted by molar-refractivity contribution is 0.302. The van der Waals surface area contributed by atoms with Crippen LogP contribution < -0.4 is 4.74 Å². The molecule has 0 aliphatic carbocycles. The van der Waals surface area contributed by atoms with Crippen molar-refractivity contribution < 1.29 is 4.74 Å². The molecule has 134 valence electrons. The summed E-state index contributed by atoms with van der Waals surface area (Å²) in [6.07, 6.45) is 3.71. The van der Waals surface area contributed by atoms with Crippen LogP contribution in [0.15, 0.2) is 48.8 Å². The van der Waals surface area contributed by atoms with E-state index in [2.05, 4.69) is 81.0 Å². The van der Waals surface area contributed by atoms with Gasteiger partial charge in [-0.1, -0.05) is 44.2 Å². The summed E-state index contributed by atoms with van der Waals surface area (Å²) < 4.78 is 6.03. The Morgan fingerprint density at radius 2 is 1.54 bits per heavy atom. The number of hydrogen-bond donors (Lipinski definition) is 0. The molecule has 3 nitrogen and oxygen atoms in total. The van der Waals surface area contributed by atoms with Crippen LogP contribution in [0.1, 0.15) is 47.6 Å². The summed E-state index contributed by atoms with van der Waals surface area (Å²) in [5.74, 6) is 2.18. The molecule has 0 aliphatic heterocycles. The van der Waals surface area contributed by atoms with Crippen molar-refractivity contribution in [3.63, 3.8) is 0 Å². The fourth-order valence-corrected chi connectivity index (χ4v) is 3.02. The van der Waals surface area contributed by atoms with Gasteiger partial charge >= 0.3 is 0 Å². The van der Waals surface area contributed by atoms with E-state index < -0.39 is 0 Å². The summed E-state index contributed by atoms with van der Waals surface area (Å²) >= 11 is 0. The lowest BCUT2D eigenvalue weighted by Gasteiger charge is -2.13. The monoisotopic (exact) mass is 346 g/mol. The second kappa shape index (κ2) is 7.69. The Balaban J connectivity index is 1.76. The Morgan fingerprint density at radius 3 is 2.15 bits per heavy atom. The highest BCUT2D eigenvalue weighted by atomic mass is 16.5. The van der Waals surface area contributed by atoms with Gasteiger partial charge in [-0.2, -0.15) is 0 Å². The second-order valence-electron chi connectivity index (χ2n) is 7.15. The predicted molar refractivity (Wildman–Crippen MR) is 107 cm³/mol. The summed E-state index contributed by atoms with van der Waals surface area (Å²) in [4.78, 5) is 9.12. The molecule has 0 N–H and O–H groups in total. The molecule has 0 bridgehead atoms. The van der Waals surface area contributed by atoms with Crippen molar-refractivity contribution in [3.8, 4) is 17.1 Å². The Labute approximate surface area is 156 Å². The third kappa shape index (κ3) is 3.93. The van der Waals surface area contributed by atoms with E-state index in [0.717, 1.165) is 28.3 Å². The molecule has 0 atom stereocenters. The number of aryl methyl sites for hydroxylation is 3. The molecule has 3 rings (SSSR count). The molecule has 1 heterocycles. The zero-order valence-corrected chi connectivity index (χ0v) is 16.2. The van der Waals surface area contributed by atoms with Gasteiger partial charge in [0.1, 0.15) is 12.4 Å². The Morgan fingerprint density at radius 1 is 0.885 bits per heavy atom. The van der Waals surface area contributed by atoms with Gasteiger partial charge in [0.25, 0.3) is 0 Å². The van der Waals surface area contributed by atoms with Crippen molar-refractivity contribution in [1.29, 1.82) is 0 Å². The van der Waals surface area contributed by atoms with Crippen LogP contribution in [-0.4, -0.2) is 9.97 Å². The maximum Gasteiger partial charge on any atom is 0.159 e. The number of hydrogen-bond acceptors (Lipinski definition) is 3. The first-order valence-electron chi connectivity index (χ1n) is 9.06. The van der Waals surface area contributed by atoms with Crippen LogP contribution in [0.25, 0.3) is 11.4 Å². The zero-order valence-electron chi connectivity index (χ0n) is 16.2. The fraction of sp³-hybridized carbons (Fsp3) is 0.304. The third-order valence-electron chi connectivity index (χ3n) is 4.68. The summed E-state index contributed by atoms with van der Waals surface area (Å²) in [5, 5.41) is 0. The molecular weight excluding hydrogens is 320 g/mol. The molecule has 3 heteroatoms. The number of benzene rings is 2. The van der Waals surface area contributed by atoms with Crippen molar-refractivity contribution in [2.24, 2.45) is 0 Å². The summed E-state index contributed by atoms with van der Waals surface area (Å²) in [7, 11) is 0. The number of nitrogens with zero attached hydrogens (tertiary/aromatic N) is 2. The summed E-state index contributed by atoms with van der Waals surface area (Å²) in [6.45, 7) is 11.1. The van der Waals surface area contributed by atoms with E-state index in [4.69, 9.17) is 4.74 Å². The molecule has 0 amide bonds. The van der Waals surface area contributed by atoms with Crippen molar-refractivity contribution >= 4 is 0 Å². The molecule has 26 heavy (non-hydrogen) atoms. The first-order valence-corrected chi connectivity index (χ1v) is 9.06. The Kier molecular flexibility index (Phi) is 5.36. The van der Waals surface area contributed by atoms with Crippen LogP contribution in [0, 0.1) is 20.8 Å². The van der Waals surface area contributed by atoms with Crippen LogP contribution in [0.3, 0.4) is 0 Å². The molecule has 0 fully saturated rings. The van der Waals surface area contributed by atoms with Crippen molar-refractivity contribution in [2.75, 3.05) is 0 Å². The second-order valence-corrected chi connectivity index (χ2v) is 7.15. The van der Waals surface area contributed by atoms with Crippen LogP contribution in [0.2, 0.25) is 0 Å². The van der Waals surface area contributed by atoms with Gasteiger partial charge in [-0.05, 0) is 55.0 Å². The average Bonchev–Trinajstić information content (AvgIpc) is 2.62. The van der Waals surface area contributed by atoms with E-state index in [1.807, 2.05) is 12.4 Å². The van der Waals surface area contributed by atoms with Crippen molar-refractivity contribution in [3.05, 3.63) is 76.6 Å². The van der Waals surface area contributed by atoms with Gasteiger partial charge in [0.15, 0.2) is 5.82 Å². The molecule has 0 spiro atoms. The maximum absolute atomic E-state index is 6.03. The van der Waals surface area contributed by atoms with Crippen LogP contribution in [0.5, 0.6) is 5.75 Å². The number of rotatable bonds is 5. The molecule has 1 aromatic heterocycles. The largest absolute Gasteiger partial charge is 0.489 e. The summed E-state index contributed by atoms with van der Waals surface area (Å²) in [5.41, 5.74) is 6.88. The van der Waals surface area contributed by atoms with Gasteiger partial charge in [0, 0.05) is 23.5 Å². The molecule has 0 saturated carbocycles. The van der Waals surface area contributed by atoms with E-state index in [-0.39, 0.29) is 0 Å². The highest BCUT2D eigenvalue weighted by Crippen LogP contribution is 2.26. The van der Waals surface area contributed by atoms with Gasteiger partial charge < -0.3 is 4.74 Å².